The molecule has 0 aliphatic carbocycles. The Morgan fingerprint density at radius 2 is 1.81 bits per heavy atom. The van der Waals surface area contributed by atoms with Crippen LogP contribution < -0.4 is 15.0 Å². The van der Waals surface area contributed by atoms with Gasteiger partial charge in [-0.25, -0.2) is 4.98 Å². The number of aromatic amines is 1. The number of nitrogens with zero attached hydrogens (tertiary/aromatic N) is 2. The summed E-state index contributed by atoms with van der Waals surface area (Å²) in [6.45, 7) is 0.614. The van der Waals surface area contributed by atoms with Crippen molar-refractivity contribution in [2.75, 3.05) is 23.4 Å². The maximum Gasteiger partial charge on any atom is 0.262 e. The zero-order valence-corrected chi connectivity index (χ0v) is 17.4. The highest BCUT2D eigenvalue weighted by atomic mass is 16.5. The lowest BCUT2D eigenvalue weighted by Crippen LogP contribution is -2.23. The van der Waals surface area contributed by atoms with Crippen LogP contribution in [0.15, 0.2) is 72.8 Å². The number of carbonyl (C=O) groups excluding carboxylic acids is 2. The molecule has 5 rings (SSSR count). The van der Waals surface area contributed by atoms with E-state index in [9.17, 15) is 9.59 Å². The normalized spacial score (nSPS) is 13.5. The summed E-state index contributed by atoms with van der Waals surface area (Å²) in [6.07, 6.45) is 1.47. The number of para-hydroxylation sites is 3. The molecule has 0 spiro atoms. The summed E-state index contributed by atoms with van der Waals surface area (Å²) in [7, 11) is 0. The standard InChI is InChI=1S/C25H22N4O3/c30-23(16-32-18-13-11-17(12-14-18)29-15-5-10-24(29)31)26-20-7-2-1-6-19(20)25-27-21-8-3-4-9-22(21)28-25/h1-4,6-9,11-14H,5,10,15-16H2,(H,26,30)(H,27,28). The zero-order chi connectivity index (χ0) is 21.9. The topological polar surface area (TPSA) is 87.3 Å². The number of benzene rings is 3. The molecule has 1 saturated heterocycles. The number of H-pyrrole nitrogens is 1. The molecule has 0 unspecified atom stereocenters. The van der Waals surface area contributed by atoms with Crippen molar-refractivity contribution in [3.8, 4) is 17.1 Å². The first kappa shape index (κ1) is 19.8. The van der Waals surface area contributed by atoms with E-state index in [1.165, 1.54) is 0 Å². The second-order valence-corrected chi connectivity index (χ2v) is 7.63. The van der Waals surface area contributed by atoms with E-state index < -0.39 is 0 Å². The smallest absolute Gasteiger partial charge is 0.262 e. The van der Waals surface area contributed by atoms with E-state index >= 15 is 0 Å². The number of amides is 2. The zero-order valence-electron chi connectivity index (χ0n) is 17.4. The number of carbonyl (C=O) groups is 2. The summed E-state index contributed by atoms with van der Waals surface area (Å²) in [5.41, 5.74) is 4.11. The third kappa shape index (κ3) is 4.05. The fourth-order valence-electron chi connectivity index (χ4n) is 3.86. The van der Waals surface area contributed by atoms with Gasteiger partial charge in [0.1, 0.15) is 11.6 Å². The Morgan fingerprint density at radius 1 is 1.03 bits per heavy atom. The predicted octanol–water partition coefficient (Wildman–Crippen LogP) is 4.37. The van der Waals surface area contributed by atoms with Crippen LogP contribution in [0.2, 0.25) is 0 Å². The highest BCUT2D eigenvalue weighted by molar-refractivity contribution is 5.96. The summed E-state index contributed by atoms with van der Waals surface area (Å²) >= 11 is 0. The minimum Gasteiger partial charge on any atom is -0.484 e. The second-order valence-electron chi connectivity index (χ2n) is 7.63. The minimum atomic E-state index is -0.271. The minimum absolute atomic E-state index is 0.129. The van der Waals surface area contributed by atoms with Gasteiger partial charge >= 0.3 is 0 Å². The van der Waals surface area contributed by atoms with Gasteiger partial charge in [-0.05, 0) is 55.0 Å². The van der Waals surface area contributed by atoms with Crippen LogP contribution in [-0.4, -0.2) is 34.9 Å². The summed E-state index contributed by atoms with van der Waals surface area (Å²) in [4.78, 5) is 34.1. The molecule has 3 aromatic carbocycles. The summed E-state index contributed by atoms with van der Waals surface area (Å²) < 4.78 is 5.64. The maximum atomic E-state index is 12.5. The van der Waals surface area contributed by atoms with Crippen LogP contribution in [0, 0.1) is 0 Å². The third-order valence-corrected chi connectivity index (χ3v) is 5.44. The van der Waals surface area contributed by atoms with Gasteiger partial charge in [0.05, 0.1) is 16.7 Å². The lowest BCUT2D eigenvalue weighted by atomic mass is 10.1. The highest BCUT2D eigenvalue weighted by Crippen LogP contribution is 2.28. The second kappa shape index (κ2) is 8.55. The molecule has 0 bridgehead atoms. The van der Waals surface area contributed by atoms with Crippen LogP contribution in [0.5, 0.6) is 5.75 Å². The molecule has 7 heteroatoms. The van der Waals surface area contributed by atoms with E-state index in [1.807, 2.05) is 60.7 Å². The van der Waals surface area contributed by atoms with E-state index in [1.54, 1.807) is 17.0 Å². The fourth-order valence-corrected chi connectivity index (χ4v) is 3.86. The van der Waals surface area contributed by atoms with Crippen molar-refractivity contribution in [1.29, 1.82) is 0 Å². The van der Waals surface area contributed by atoms with Crippen molar-refractivity contribution in [3.05, 3.63) is 72.8 Å². The molecule has 1 aliphatic heterocycles. The molecule has 2 heterocycles. The maximum absolute atomic E-state index is 12.5. The number of aromatic nitrogens is 2. The van der Waals surface area contributed by atoms with Gasteiger partial charge in [0.15, 0.2) is 6.61 Å². The molecule has 0 saturated carbocycles. The number of ether oxygens (including phenoxy) is 1. The number of imidazole rings is 1. The van der Waals surface area contributed by atoms with Crippen LogP contribution in [0.25, 0.3) is 22.4 Å². The number of hydrogen-bond donors (Lipinski definition) is 2. The van der Waals surface area contributed by atoms with Gasteiger partial charge in [0.25, 0.3) is 5.91 Å². The molecule has 7 nitrogen and oxygen atoms in total. The number of rotatable bonds is 6. The fraction of sp³-hybridized carbons (Fsp3) is 0.160. The van der Waals surface area contributed by atoms with E-state index in [0.717, 1.165) is 35.2 Å². The third-order valence-electron chi connectivity index (χ3n) is 5.44. The molecule has 0 radical (unpaired) electrons. The molecule has 4 aromatic rings. The van der Waals surface area contributed by atoms with Gasteiger partial charge in [-0.3, -0.25) is 9.59 Å². The van der Waals surface area contributed by atoms with Crippen molar-refractivity contribution in [2.24, 2.45) is 0 Å². The number of anilines is 2. The Bertz CT molecular complexity index is 1250. The van der Waals surface area contributed by atoms with Gasteiger partial charge in [-0.2, -0.15) is 0 Å². The average Bonchev–Trinajstić information content (AvgIpc) is 3.44. The van der Waals surface area contributed by atoms with Crippen molar-refractivity contribution in [2.45, 2.75) is 12.8 Å². The molecular formula is C25H22N4O3. The van der Waals surface area contributed by atoms with Crippen molar-refractivity contribution < 1.29 is 14.3 Å². The summed E-state index contributed by atoms with van der Waals surface area (Å²) in [5, 5.41) is 2.91. The number of hydrogen-bond acceptors (Lipinski definition) is 4. The van der Waals surface area contributed by atoms with E-state index in [4.69, 9.17) is 4.74 Å². The lowest BCUT2D eigenvalue weighted by molar-refractivity contribution is -0.118. The van der Waals surface area contributed by atoms with Crippen LogP contribution in [-0.2, 0) is 9.59 Å². The molecule has 1 aliphatic rings. The van der Waals surface area contributed by atoms with E-state index in [0.29, 0.717) is 23.7 Å². The van der Waals surface area contributed by atoms with E-state index in [2.05, 4.69) is 15.3 Å². The van der Waals surface area contributed by atoms with Crippen molar-refractivity contribution >= 4 is 34.2 Å². The van der Waals surface area contributed by atoms with Gasteiger partial charge in [0.2, 0.25) is 5.91 Å². The van der Waals surface area contributed by atoms with Crippen LogP contribution in [0.1, 0.15) is 12.8 Å². The molecular weight excluding hydrogens is 404 g/mol. The molecule has 160 valence electrons. The largest absolute Gasteiger partial charge is 0.484 e. The molecule has 1 aromatic heterocycles. The lowest BCUT2D eigenvalue weighted by Gasteiger charge is -2.16. The Morgan fingerprint density at radius 3 is 2.59 bits per heavy atom. The molecule has 1 fully saturated rings. The first-order valence-corrected chi connectivity index (χ1v) is 10.5. The SMILES string of the molecule is O=C(COc1ccc(N2CCCC2=O)cc1)Nc1ccccc1-c1nc2ccccc2[nH]1. The first-order valence-electron chi connectivity index (χ1n) is 10.5. The van der Waals surface area contributed by atoms with Gasteiger partial charge in [0, 0.05) is 24.2 Å². The predicted molar refractivity (Wildman–Crippen MR) is 124 cm³/mol. The van der Waals surface area contributed by atoms with Gasteiger partial charge in [-0.15, -0.1) is 0 Å². The Kier molecular flexibility index (Phi) is 5.29. The first-order chi connectivity index (χ1) is 15.7. The molecule has 2 N–H and O–H groups in total. The van der Waals surface area contributed by atoms with Crippen LogP contribution in [0.3, 0.4) is 0 Å². The highest BCUT2D eigenvalue weighted by Gasteiger charge is 2.21. The molecule has 2 amide bonds. The van der Waals surface area contributed by atoms with Gasteiger partial charge < -0.3 is 19.9 Å². The quantitative estimate of drug-likeness (QED) is 0.479. The number of fused-ring (bicyclic) bond motifs is 1. The summed E-state index contributed by atoms with van der Waals surface area (Å²) in [6, 6.07) is 22.5. The van der Waals surface area contributed by atoms with Crippen LogP contribution in [0.4, 0.5) is 11.4 Å². The van der Waals surface area contributed by atoms with Gasteiger partial charge in [-0.1, -0.05) is 24.3 Å². The van der Waals surface area contributed by atoms with Crippen molar-refractivity contribution in [3.63, 3.8) is 0 Å². The number of nitrogens with one attached hydrogen (secondary N) is 2. The Labute approximate surface area is 185 Å². The average molecular weight is 426 g/mol. The molecule has 32 heavy (non-hydrogen) atoms. The molecule has 0 atom stereocenters. The monoisotopic (exact) mass is 426 g/mol. The summed E-state index contributed by atoms with van der Waals surface area (Å²) in [5.74, 6) is 1.13. The van der Waals surface area contributed by atoms with E-state index in [-0.39, 0.29) is 18.4 Å². The van der Waals surface area contributed by atoms with Crippen LogP contribution >= 0.6 is 0 Å². The Hall–Kier alpha value is -4.13. The van der Waals surface area contributed by atoms with Crippen molar-refractivity contribution in [1.82, 2.24) is 9.97 Å². The Balaban J connectivity index is 1.24.